The van der Waals surface area contributed by atoms with Gasteiger partial charge in [-0.1, -0.05) is 36.3 Å². The standard InChI is InChI=1S/C21H30N4O3/c1-5-15-6-8-16(9-7-15)19-23-18(28-24-19)14-25-12-10-17(11-13-25)22-20(26)27-21(2,3)4/h6-9,17H,5,10-14H2,1-4H3,(H,22,26). The second kappa shape index (κ2) is 8.73. The molecule has 0 aliphatic carbocycles. The molecule has 1 fully saturated rings. The normalized spacial score (nSPS) is 16.1. The maximum atomic E-state index is 11.9. The van der Waals surface area contributed by atoms with E-state index in [1.165, 1.54) is 5.56 Å². The van der Waals surface area contributed by atoms with Crippen molar-refractivity contribution in [3.8, 4) is 11.4 Å². The summed E-state index contributed by atoms with van der Waals surface area (Å²) in [7, 11) is 0. The summed E-state index contributed by atoms with van der Waals surface area (Å²) in [6.07, 6.45) is 2.41. The second-order valence-electron chi connectivity index (χ2n) is 8.26. The third kappa shape index (κ3) is 5.79. The first kappa shape index (κ1) is 20.3. The number of aromatic nitrogens is 2. The van der Waals surface area contributed by atoms with Crippen LogP contribution in [-0.4, -0.2) is 45.9 Å². The Bertz CT molecular complexity index is 772. The van der Waals surface area contributed by atoms with E-state index < -0.39 is 5.60 Å². The summed E-state index contributed by atoms with van der Waals surface area (Å²) < 4.78 is 10.8. The molecule has 7 heteroatoms. The Hall–Kier alpha value is -2.41. The van der Waals surface area contributed by atoms with Gasteiger partial charge in [0.2, 0.25) is 11.7 Å². The van der Waals surface area contributed by atoms with Crippen molar-refractivity contribution < 1.29 is 14.1 Å². The monoisotopic (exact) mass is 386 g/mol. The number of aryl methyl sites for hydroxylation is 1. The minimum absolute atomic E-state index is 0.140. The topological polar surface area (TPSA) is 80.5 Å². The molecule has 7 nitrogen and oxygen atoms in total. The van der Waals surface area contributed by atoms with Crippen LogP contribution in [0.4, 0.5) is 4.79 Å². The number of benzene rings is 1. The number of carbonyl (C=O) groups excluding carboxylic acids is 1. The van der Waals surface area contributed by atoms with Gasteiger partial charge in [0, 0.05) is 24.7 Å². The van der Waals surface area contributed by atoms with Gasteiger partial charge in [-0.25, -0.2) is 4.79 Å². The first-order chi connectivity index (χ1) is 13.3. The lowest BCUT2D eigenvalue weighted by Gasteiger charge is -2.31. The molecule has 0 unspecified atom stereocenters. The molecule has 0 bridgehead atoms. The molecule has 1 aromatic carbocycles. The molecule has 0 spiro atoms. The van der Waals surface area contributed by atoms with E-state index in [-0.39, 0.29) is 12.1 Å². The number of hydrogen-bond donors (Lipinski definition) is 1. The lowest BCUT2D eigenvalue weighted by atomic mass is 10.1. The molecule has 0 saturated carbocycles. The van der Waals surface area contributed by atoms with Crippen LogP contribution in [0.25, 0.3) is 11.4 Å². The Labute approximate surface area is 166 Å². The van der Waals surface area contributed by atoms with Crippen LogP contribution < -0.4 is 5.32 Å². The minimum Gasteiger partial charge on any atom is -0.444 e. The molecule has 2 aromatic rings. The molecular weight excluding hydrogens is 356 g/mol. The van der Waals surface area contributed by atoms with E-state index in [9.17, 15) is 4.79 Å². The number of ether oxygens (including phenoxy) is 1. The van der Waals surface area contributed by atoms with Crippen molar-refractivity contribution in [2.75, 3.05) is 13.1 Å². The van der Waals surface area contributed by atoms with Crippen LogP contribution in [0.2, 0.25) is 0 Å². The Kier molecular flexibility index (Phi) is 6.34. The highest BCUT2D eigenvalue weighted by Crippen LogP contribution is 2.19. The summed E-state index contributed by atoms with van der Waals surface area (Å²) in [6, 6.07) is 8.38. The zero-order valence-electron chi connectivity index (χ0n) is 17.2. The van der Waals surface area contributed by atoms with Gasteiger partial charge >= 0.3 is 6.09 Å². The number of nitrogens with one attached hydrogen (secondary N) is 1. The predicted octanol–water partition coefficient (Wildman–Crippen LogP) is 3.79. The van der Waals surface area contributed by atoms with Gasteiger partial charge in [0.15, 0.2) is 0 Å². The number of alkyl carbamates (subject to hydrolysis) is 1. The molecule has 0 radical (unpaired) electrons. The zero-order chi connectivity index (χ0) is 20.1. The highest BCUT2D eigenvalue weighted by atomic mass is 16.6. The van der Waals surface area contributed by atoms with E-state index in [0.29, 0.717) is 18.3 Å². The van der Waals surface area contributed by atoms with Gasteiger partial charge < -0.3 is 14.6 Å². The van der Waals surface area contributed by atoms with Crippen LogP contribution in [-0.2, 0) is 17.7 Å². The first-order valence-electron chi connectivity index (χ1n) is 9.96. The van der Waals surface area contributed by atoms with E-state index in [4.69, 9.17) is 9.26 Å². The molecule has 1 aliphatic rings. The number of piperidine rings is 1. The Balaban J connectivity index is 1.47. The number of rotatable bonds is 5. The molecule has 0 atom stereocenters. The third-order valence-electron chi connectivity index (χ3n) is 4.76. The number of carbonyl (C=O) groups is 1. The van der Waals surface area contributed by atoms with Crippen molar-refractivity contribution in [3.05, 3.63) is 35.7 Å². The fourth-order valence-corrected chi connectivity index (χ4v) is 3.23. The van der Waals surface area contributed by atoms with E-state index in [0.717, 1.165) is 37.9 Å². The zero-order valence-corrected chi connectivity index (χ0v) is 17.2. The molecule has 152 valence electrons. The van der Waals surface area contributed by atoms with Crippen LogP contribution >= 0.6 is 0 Å². The average molecular weight is 386 g/mol. The lowest BCUT2D eigenvalue weighted by Crippen LogP contribution is -2.45. The predicted molar refractivity (Wildman–Crippen MR) is 107 cm³/mol. The van der Waals surface area contributed by atoms with Crippen molar-refractivity contribution in [1.82, 2.24) is 20.4 Å². The van der Waals surface area contributed by atoms with Gasteiger partial charge in [-0.15, -0.1) is 0 Å². The van der Waals surface area contributed by atoms with Crippen molar-refractivity contribution in [3.63, 3.8) is 0 Å². The van der Waals surface area contributed by atoms with Crippen LogP contribution in [0, 0.1) is 0 Å². The summed E-state index contributed by atoms with van der Waals surface area (Å²) in [4.78, 5) is 18.7. The molecule has 2 heterocycles. The average Bonchev–Trinajstić information content (AvgIpc) is 3.10. The van der Waals surface area contributed by atoms with Crippen LogP contribution in [0.15, 0.2) is 28.8 Å². The number of nitrogens with zero attached hydrogens (tertiary/aromatic N) is 3. The summed E-state index contributed by atoms with van der Waals surface area (Å²) in [5.41, 5.74) is 1.78. The van der Waals surface area contributed by atoms with Gasteiger partial charge in [-0.2, -0.15) is 4.98 Å². The number of hydrogen-bond acceptors (Lipinski definition) is 6. The number of amides is 1. The number of likely N-dealkylation sites (tertiary alicyclic amines) is 1. The Morgan fingerprint density at radius 2 is 1.93 bits per heavy atom. The Morgan fingerprint density at radius 3 is 2.54 bits per heavy atom. The molecule has 1 aromatic heterocycles. The van der Waals surface area contributed by atoms with Gasteiger partial charge in [0.1, 0.15) is 5.60 Å². The van der Waals surface area contributed by atoms with E-state index in [1.54, 1.807) is 0 Å². The van der Waals surface area contributed by atoms with Crippen molar-refractivity contribution in [2.45, 2.75) is 65.1 Å². The quantitative estimate of drug-likeness (QED) is 0.842. The summed E-state index contributed by atoms with van der Waals surface area (Å²) in [5.74, 6) is 1.24. The van der Waals surface area contributed by atoms with E-state index in [1.807, 2.05) is 32.9 Å². The highest BCUT2D eigenvalue weighted by Gasteiger charge is 2.24. The second-order valence-corrected chi connectivity index (χ2v) is 8.26. The molecule has 1 amide bonds. The molecular formula is C21H30N4O3. The largest absolute Gasteiger partial charge is 0.444 e. The highest BCUT2D eigenvalue weighted by molar-refractivity contribution is 5.68. The maximum absolute atomic E-state index is 11.9. The lowest BCUT2D eigenvalue weighted by molar-refractivity contribution is 0.0475. The fraction of sp³-hybridized carbons (Fsp3) is 0.571. The summed E-state index contributed by atoms with van der Waals surface area (Å²) in [5, 5.41) is 7.06. The summed E-state index contributed by atoms with van der Waals surface area (Å²) in [6.45, 7) is 10.1. The van der Waals surface area contributed by atoms with Crippen LogP contribution in [0.5, 0.6) is 0 Å². The van der Waals surface area contributed by atoms with E-state index >= 15 is 0 Å². The smallest absolute Gasteiger partial charge is 0.407 e. The van der Waals surface area contributed by atoms with Gasteiger partial charge in [0.05, 0.1) is 6.54 Å². The van der Waals surface area contributed by atoms with Gasteiger partial charge in [-0.05, 0) is 45.6 Å². The molecule has 1 N–H and O–H groups in total. The fourth-order valence-electron chi connectivity index (χ4n) is 3.23. The molecule has 28 heavy (non-hydrogen) atoms. The molecule has 1 aliphatic heterocycles. The van der Waals surface area contributed by atoms with Gasteiger partial charge in [0.25, 0.3) is 0 Å². The molecule has 3 rings (SSSR count). The Morgan fingerprint density at radius 1 is 1.25 bits per heavy atom. The van der Waals surface area contributed by atoms with Crippen LogP contribution in [0.3, 0.4) is 0 Å². The van der Waals surface area contributed by atoms with Crippen molar-refractivity contribution >= 4 is 6.09 Å². The van der Waals surface area contributed by atoms with E-state index in [2.05, 4.69) is 39.4 Å². The SMILES string of the molecule is CCc1ccc(-c2noc(CN3CCC(NC(=O)OC(C)(C)C)CC3)n2)cc1. The van der Waals surface area contributed by atoms with Gasteiger partial charge in [-0.3, -0.25) is 4.90 Å². The van der Waals surface area contributed by atoms with Crippen LogP contribution in [0.1, 0.15) is 52.0 Å². The molecule has 1 saturated heterocycles. The summed E-state index contributed by atoms with van der Waals surface area (Å²) >= 11 is 0. The minimum atomic E-state index is -0.475. The van der Waals surface area contributed by atoms with Crippen molar-refractivity contribution in [1.29, 1.82) is 0 Å². The van der Waals surface area contributed by atoms with Crippen molar-refractivity contribution in [2.24, 2.45) is 0 Å². The maximum Gasteiger partial charge on any atom is 0.407 e. The third-order valence-corrected chi connectivity index (χ3v) is 4.76. The first-order valence-corrected chi connectivity index (χ1v) is 9.96.